The van der Waals surface area contributed by atoms with Gasteiger partial charge in [-0.2, -0.15) is 0 Å². The highest BCUT2D eigenvalue weighted by Crippen LogP contribution is 2.22. The van der Waals surface area contributed by atoms with Crippen LogP contribution in [0, 0.1) is 5.92 Å². The zero-order valence-corrected chi connectivity index (χ0v) is 17.8. The number of hydrogen-bond donors (Lipinski definition) is 0. The molecule has 0 radical (unpaired) electrons. The van der Waals surface area contributed by atoms with Gasteiger partial charge in [0.25, 0.3) is 0 Å². The molecule has 1 unspecified atom stereocenters. The lowest BCUT2D eigenvalue weighted by molar-refractivity contribution is 0.245. The van der Waals surface area contributed by atoms with Gasteiger partial charge in [-0.3, -0.25) is 0 Å². The van der Waals surface area contributed by atoms with E-state index in [0.29, 0.717) is 18.4 Å². The van der Waals surface area contributed by atoms with Crippen molar-refractivity contribution in [2.45, 2.75) is 72.1 Å². The molecule has 0 fully saturated rings. The molecule has 1 heterocycles. The van der Waals surface area contributed by atoms with Gasteiger partial charge in [0.1, 0.15) is 5.75 Å². The normalized spacial score (nSPS) is 12.0. The number of ether oxygens (including phenoxy) is 2. The van der Waals surface area contributed by atoms with Crippen molar-refractivity contribution in [2.24, 2.45) is 5.92 Å². The summed E-state index contributed by atoms with van der Waals surface area (Å²) in [5, 5.41) is 8.46. The number of nitrogens with zero attached hydrogens (tertiary/aromatic N) is 2. The molecule has 154 valence electrons. The van der Waals surface area contributed by atoms with E-state index in [9.17, 15) is 0 Å². The molecule has 0 aliphatic heterocycles. The van der Waals surface area contributed by atoms with Crippen molar-refractivity contribution in [3.63, 3.8) is 0 Å². The summed E-state index contributed by atoms with van der Waals surface area (Å²) in [4.78, 5) is 0. The largest absolute Gasteiger partial charge is 0.494 e. The summed E-state index contributed by atoms with van der Waals surface area (Å²) < 4.78 is 11.5. The van der Waals surface area contributed by atoms with Crippen LogP contribution >= 0.6 is 0 Å². The second-order valence-electron chi connectivity index (χ2n) is 7.58. The van der Waals surface area contributed by atoms with Crippen LogP contribution in [0.1, 0.15) is 72.1 Å². The molecule has 28 heavy (non-hydrogen) atoms. The number of unbranched alkanes of at least 4 members (excludes halogenated alkanes) is 6. The molecule has 4 nitrogen and oxygen atoms in total. The van der Waals surface area contributed by atoms with Crippen LogP contribution in [0.25, 0.3) is 11.3 Å². The minimum absolute atomic E-state index is 0.523. The van der Waals surface area contributed by atoms with Gasteiger partial charge in [-0.1, -0.05) is 65.7 Å². The van der Waals surface area contributed by atoms with Gasteiger partial charge in [0, 0.05) is 11.6 Å². The maximum atomic E-state index is 5.85. The Morgan fingerprint density at radius 3 is 2.14 bits per heavy atom. The zero-order valence-electron chi connectivity index (χ0n) is 17.8. The molecule has 1 aromatic heterocycles. The summed E-state index contributed by atoms with van der Waals surface area (Å²) >= 11 is 0. The first-order chi connectivity index (χ1) is 13.7. The average molecular weight is 385 g/mol. The number of hydrogen-bond acceptors (Lipinski definition) is 4. The topological polar surface area (TPSA) is 44.2 Å². The molecule has 1 aromatic carbocycles. The standard InChI is InChI=1S/C24H36N2O2/c1-4-6-7-8-9-10-11-18-27-22-14-12-21(13-15-22)23-16-17-24(26-25-23)28-19-20(3)5-2/h12-17,20H,4-11,18-19H2,1-3H3. The fourth-order valence-electron chi connectivity index (χ4n) is 2.87. The maximum Gasteiger partial charge on any atom is 0.233 e. The first-order valence-corrected chi connectivity index (χ1v) is 10.9. The van der Waals surface area contributed by atoms with E-state index < -0.39 is 0 Å². The van der Waals surface area contributed by atoms with Gasteiger partial charge in [0.2, 0.25) is 5.88 Å². The van der Waals surface area contributed by atoms with Gasteiger partial charge in [-0.15, -0.1) is 10.2 Å². The number of benzene rings is 1. The van der Waals surface area contributed by atoms with Crippen LogP contribution in [0.2, 0.25) is 0 Å². The molecule has 0 N–H and O–H groups in total. The highest BCUT2D eigenvalue weighted by atomic mass is 16.5. The molecular weight excluding hydrogens is 348 g/mol. The Hall–Kier alpha value is -2.10. The van der Waals surface area contributed by atoms with Crippen molar-refractivity contribution >= 4 is 0 Å². The second-order valence-corrected chi connectivity index (χ2v) is 7.58. The Morgan fingerprint density at radius 2 is 1.50 bits per heavy atom. The van der Waals surface area contributed by atoms with E-state index in [2.05, 4.69) is 31.0 Å². The van der Waals surface area contributed by atoms with Crippen LogP contribution < -0.4 is 9.47 Å². The predicted octanol–water partition coefficient (Wildman–Crippen LogP) is 6.70. The average Bonchev–Trinajstić information content (AvgIpc) is 2.74. The molecule has 0 bridgehead atoms. The van der Waals surface area contributed by atoms with Crippen LogP contribution in [-0.4, -0.2) is 23.4 Å². The van der Waals surface area contributed by atoms with Gasteiger partial charge in [0.05, 0.1) is 18.9 Å². The number of aromatic nitrogens is 2. The third-order valence-electron chi connectivity index (χ3n) is 5.02. The predicted molar refractivity (Wildman–Crippen MR) is 116 cm³/mol. The lowest BCUT2D eigenvalue weighted by Crippen LogP contribution is -2.08. The molecule has 0 saturated heterocycles. The monoisotopic (exact) mass is 384 g/mol. The molecule has 2 aromatic rings. The molecule has 0 aliphatic rings. The summed E-state index contributed by atoms with van der Waals surface area (Å²) in [5.74, 6) is 2.02. The van der Waals surface area contributed by atoms with Gasteiger partial charge < -0.3 is 9.47 Å². The zero-order chi connectivity index (χ0) is 20.0. The van der Waals surface area contributed by atoms with Gasteiger partial charge in [-0.05, 0) is 42.7 Å². The van der Waals surface area contributed by atoms with Crippen LogP contribution in [0.3, 0.4) is 0 Å². The highest BCUT2D eigenvalue weighted by Gasteiger charge is 2.05. The van der Waals surface area contributed by atoms with Gasteiger partial charge >= 0.3 is 0 Å². The molecular formula is C24H36N2O2. The van der Waals surface area contributed by atoms with Crippen molar-refractivity contribution < 1.29 is 9.47 Å². The molecule has 0 saturated carbocycles. The molecule has 0 aliphatic carbocycles. The quantitative estimate of drug-likeness (QED) is 0.340. The Balaban J connectivity index is 1.71. The van der Waals surface area contributed by atoms with E-state index >= 15 is 0 Å². The van der Waals surface area contributed by atoms with Crippen LogP contribution in [0.15, 0.2) is 36.4 Å². The first-order valence-electron chi connectivity index (χ1n) is 10.9. The van der Waals surface area contributed by atoms with E-state index in [0.717, 1.165) is 36.5 Å². The van der Waals surface area contributed by atoms with Gasteiger partial charge in [0.15, 0.2) is 0 Å². The fourth-order valence-corrected chi connectivity index (χ4v) is 2.87. The summed E-state index contributed by atoms with van der Waals surface area (Å²) in [7, 11) is 0. The summed E-state index contributed by atoms with van der Waals surface area (Å²) in [6.45, 7) is 8.04. The minimum Gasteiger partial charge on any atom is -0.494 e. The Labute approximate surface area is 170 Å². The lowest BCUT2D eigenvalue weighted by Gasteiger charge is -2.10. The molecule has 2 rings (SSSR count). The summed E-state index contributed by atoms with van der Waals surface area (Å²) in [5.41, 5.74) is 1.87. The smallest absolute Gasteiger partial charge is 0.233 e. The van der Waals surface area contributed by atoms with E-state index in [1.54, 1.807) is 0 Å². The van der Waals surface area contributed by atoms with Crippen LogP contribution in [-0.2, 0) is 0 Å². The first kappa shape index (κ1) is 22.2. The highest BCUT2D eigenvalue weighted by molar-refractivity contribution is 5.59. The summed E-state index contributed by atoms with van der Waals surface area (Å²) in [6, 6.07) is 11.9. The van der Waals surface area contributed by atoms with Crippen LogP contribution in [0.5, 0.6) is 11.6 Å². The third kappa shape index (κ3) is 8.28. The Kier molecular flexibility index (Phi) is 10.4. The van der Waals surface area contributed by atoms with Gasteiger partial charge in [-0.25, -0.2) is 0 Å². The van der Waals surface area contributed by atoms with Crippen molar-refractivity contribution in [1.29, 1.82) is 0 Å². The van der Waals surface area contributed by atoms with E-state index in [-0.39, 0.29) is 0 Å². The van der Waals surface area contributed by atoms with E-state index in [1.807, 2.05) is 36.4 Å². The molecule has 4 heteroatoms. The van der Waals surface area contributed by atoms with Crippen molar-refractivity contribution in [3.05, 3.63) is 36.4 Å². The number of rotatable bonds is 14. The Morgan fingerprint density at radius 1 is 0.786 bits per heavy atom. The third-order valence-corrected chi connectivity index (χ3v) is 5.02. The van der Waals surface area contributed by atoms with E-state index in [4.69, 9.17) is 9.47 Å². The maximum absolute atomic E-state index is 5.85. The molecule has 0 spiro atoms. The summed E-state index contributed by atoms with van der Waals surface area (Å²) in [6.07, 6.45) is 10.2. The van der Waals surface area contributed by atoms with Crippen molar-refractivity contribution in [2.75, 3.05) is 13.2 Å². The van der Waals surface area contributed by atoms with Crippen LogP contribution in [0.4, 0.5) is 0 Å². The lowest BCUT2D eigenvalue weighted by atomic mass is 10.1. The SMILES string of the molecule is CCCCCCCCCOc1ccc(-c2ccc(OCC(C)CC)nn2)cc1. The Bertz CT molecular complexity index is 641. The fraction of sp³-hybridized carbons (Fsp3) is 0.583. The van der Waals surface area contributed by atoms with Crippen molar-refractivity contribution in [1.82, 2.24) is 10.2 Å². The minimum atomic E-state index is 0.523. The van der Waals surface area contributed by atoms with E-state index in [1.165, 1.54) is 38.5 Å². The second kappa shape index (κ2) is 13.1. The van der Waals surface area contributed by atoms with Crippen molar-refractivity contribution in [3.8, 4) is 22.9 Å². The molecule has 0 amide bonds. The molecule has 1 atom stereocenters.